The molecule has 0 rings (SSSR count). The van der Waals surface area contributed by atoms with E-state index in [0.717, 1.165) is 32.5 Å². The van der Waals surface area contributed by atoms with Crippen LogP contribution in [-0.2, 0) is 4.79 Å². The summed E-state index contributed by atoms with van der Waals surface area (Å²) in [5.41, 5.74) is 5.29. The number of hydrogen-bond donors (Lipinski definition) is 3. The molecule has 0 radical (unpaired) electrons. The van der Waals surface area contributed by atoms with Gasteiger partial charge in [0, 0.05) is 0 Å². The summed E-state index contributed by atoms with van der Waals surface area (Å²) in [5, 5.41) is 10.0. The fourth-order valence-corrected chi connectivity index (χ4v) is 0.602. The van der Waals surface area contributed by atoms with Crippen LogP contribution in [0.3, 0.4) is 0 Å². The normalized spacial score (nSPS) is 7.85. The van der Waals surface area contributed by atoms with Crippen molar-refractivity contribution in [3.05, 3.63) is 6.92 Å². The van der Waals surface area contributed by atoms with Gasteiger partial charge in [0.25, 0.3) is 0 Å². The molecule has 0 aromatic rings. The van der Waals surface area contributed by atoms with E-state index in [4.69, 9.17) is 15.6 Å². The van der Waals surface area contributed by atoms with Crippen LogP contribution in [0.4, 0.5) is 0 Å². The SMILES string of the molecule is O=[C-]O.[CH2-]CCCNCCCN.[K+]. The monoisotopic (exact) mass is 213 g/mol. The Labute approximate surface area is 123 Å². The van der Waals surface area contributed by atoms with Gasteiger partial charge in [-0.25, -0.2) is 0 Å². The zero-order valence-electron chi connectivity index (χ0n) is 8.38. The van der Waals surface area contributed by atoms with Crippen LogP contribution in [0.5, 0.6) is 0 Å². The van der Waals surface area contributed by atoms with Gasteiger partial charge in [-0.1, -0.05) is 12.9 Å². The van der Waals surface area contributed by atoms with Gasteiger partial charge in [0.1, 0.15) is 0 Å². The van der Waals surface area contributed by atoms with Crippen LogP contribution < -0.4 is 62.4 Å². The van der Waals surface area contributed by atoms with Crippen molar-refractivity contribution >= 4 is 6.47 Å². The molecule has 0 aliphatic carbocycles. The third-order valence-electron chi connectivity index (χ3n) is 1.16. The molecule has 0 aromatic heterocycles. The van der Waals surface area contributed by atoms with E-state index < -0.39 is 0 Å². The maximum Gasteiger partial charge on any atom is 1.00 e. The van der Waals surface area contributed by atoms with Gasteiger partial charge in [-0.3, -0.25) is 0 Å². The average molecular weight is 213 g/mol. The largest absolute Gasteiger partial charge is 1.00 e. The van der Waals surface area contributed by atoms with Crippen LogP contribution in [0.2, 0.25) is 0 Å². The Morgan fingerprint density at radius 2 is 1.85 bits per heavy atom. The number of nitrogens with two attached hydrogens (primary N) is 1. The predicted octanol–water partition coefficient (Wildman–Crippen LogP) is -2.85. The molecule has 5 heteroatoms. The first kappa shape index (κ1) is 19.6. The molecule has 0 fully saturated rings. The first-order chi connectivity index (χ1) is 5.83. The summed E-state index contributed by atoms with van der Waals surface area (Å²) in [4.78, 5) is 8.24. The van der Waals surface area contributed by atoms with Crippen molar-refractivity contribution in [3.8, 4) is 0 Å². The van der Waals surface area contributed by atoms with Crippen molar-refractivity contribution in [2.24, 2.45) is 5.73 Å². The number of nitrogens with one attached hydrogen (secondary N) is 1. The zero-order chi connectivity index (χ0) is 9.66. The van der Waals surface area contributed by atoms with Crippen molar-refractivity contribution in [2.75, 3.05) is 19.6 Å². The third kappa shape index (κ3) is 32.1. The molecule has 0 bridgehead atoms. The minimum absolute atomic E-state index is 0. The number of rotatable bonds is 6. The first-order valence-corrected chi connectivity index (χ1v) is 4.04. The Bertz CT molecular complexity index is 78.5. The summed E-state index contributed by atoms with van der Waals surface area (Å²) < 4.78 is 0. The van der Waals surface area contributed by atoms with Gasteiger partial charge in [-0.05, 0) is 26.1 Å². The van der Waals surface area contributed by atoms with Crippen LogP contribution in [0, 0.1) is 6.92 Å². The maximum atomic E-state index is 8.24. The van der Waals surface area contributed by atoms with E-state index in [1.165, 1.54) is 6.42 Å². The second-order valence-corrected chi connectivity index (χ2v) is 2.19. The number of aliphatic hydroxyl groups excluding tert-OH is 1. The van der Waals surface area contributed by atoms with E-state index in [1.807, 2.05) is 0 Å². The molecule has 0 heterocycles. The van der Waals surface area contributed by atoms with E-state index >= 15 is 0 Å². The van der Waals surface area contributed by atoms with E-state index in [0.29, 0.717) is 6.47 Å². The second-order valence-electron chi connectivity index (χ2n) is 2.19. The van der Waals surface area contributed by atoms with Gasteiger partial charge in [0.05, 0.1) is 0 Å². The Morgan fingerprint density at radius 3 is 2.23 bits per heavy atom. The van der Waals surface area contributed by atoms with Crippen LogP contribution >= 0.6 is 0 Å². The second kappa shape index (κ2) is 23.1. The van der Waals surface area contributed by atoms with Gasteiger partial charge in [0.2, 0.25) is 0 Å². The molecule has 0 saturated heterocycles. The van der Waals surface area contributed by atoms with Crippen LogP contribution in [0.25, 0.3) is 0 Å². The standard InChI is InChI=1S/C7H17N2.CHO2.K/c1-2-3-6-9-7-4-5-8;2-1-3;/h9H,1-8H2;(H,2,3);/q2*-1;+1. The van der Waals surface area contributed by atoms with E-state index in [9.17, 15) is 0 Å². The molecule has 4 nitrogen and oxygen atoms in total. The van der Waals surface area contributed by atoms with Gasteiger partial charge in [0.15, 0.2) is 0 Å². The summed E-state index contributed by atoms with van der Waals surface area (Å²) in [7, 11) is 0. The fraction of sp³-hybridized carbons (Fsp3) is 0.750. The van der Waals surface area contributed by atoms with Crippen LogP contribution in [0.15, 0.2) is 0 Å². The molecular formula is C8H18KN2O2-. The topological polar surface area (TPSA) is 75.3 Å². The molecule has 4 N–H and O–H groups in total. The summed E-state index contributed by atoms with van der Waals surface area (Å²) in [6.45, 7) is 7.17. The van der Waals surface area contributed by atoms with E-state index in [-0.39, 0.29) is 51.4 Å². The minimum atomic E-state index is 0. The molecule has 0 unspecified atom stereocenters. The van der Waals surface area contributed by atoms with Gasteiger partial charge in [-0.2, -0.15) is 6.42 Å². The molecule has 13 heavy (non-hydrogen) atoms. The van der Waals surface area contributed by atoms with E-state index in [1.54, 1.807) is 0 Å². The summed E-state index contributed by atoms with van der Waals surface area (Å²) >= 11 is 0. The predicted molar refractivity (Wildman–Crippen MR) is 49.5 cm³/mol. The first-order valence-electron chi connectivity index (χ1n) is 4.04. The van der Waals surface area contributed by atoms with Crippen molar-refractivity contribution in [2.45, 2.75) is 19.3 Å². The van der Waals surface area contributed by atoms with Gasteiger partial charge in [-0.15, -0.1) is 0 Å². The fourth-order valence-electron chi connectivity index (χ4n) is 0.602. The van der Waals surface area contributed by atoms with Gasteiger partial charge >= 0.3 is 51.4 Å². The number of unbranched alkanes of at least 4 members (excludes halogenated alkanes) is 1. The van der Waals surface area contributed by atoms with Crippen LogP contribution in [0.1, 0.15) is 19.3 Å². The van der Waals surface area contributed by atoms with Crippen molar-refractivity contribution < 1.29 is 61.3 Å². The smallest absolute Gasteiger partial charge is 0.665 e. The van der Waals surface area contributed by atoms with Crippen molar-refractivity contribution in [1.29, 1.82) is 0 Å². The van der Waals surface area contributed by atoms with Gasteiger partial charge < -0.3 is 27.9 Å². The van der Waals surface area contributed by atoms with Crippen molar-refractivity contribution in [3.63, 3.8) is 0 Å². The molecule has 74 valence electrons. The number of hydrogen-bond acceptors (Lipinski definition) is 3. The molecule has 0 spiro atoms. The zero-order valence-corrected chi connectivity index (χ0v) is 11.5. The Hall–Kier alpha value is 1.03. The average Bonchev–Trinajstić information content (AvgIpc) is 2.06. The molecule has 0 aromatic carbocycles. The minimum Gasteiger partial charge on any atom is -0.665 e. The Balaban J connectivity index is -0.000000220. The van der Waals surface area contributed by atoms with Crippen molar-refractivity contribution in [1.82, 2.24) is 5.32 Å². The molecule has 0 aliphatic rings. The summed E-state index contributed by atoms with van der Waals surface area (Å²) in [6, 6.07) is 0. The molecule has 0 aliphatic heterocycles. The molecular weight excluding hydrogens is 195 g/mol. The summed E-state index contributed by atoms with van der Waals surface area (Å²) in [6.07, 6.45) is 3.28. The maximum absolute atomic E-state index is 8.24. The Kier molecular flexibility index (Phi) is 34.8. The third-order valence-corrected chi connectivity index (χ3v) is 1.16. The summed E-state index contributed by atoms with van der Waals surface area (Å²) in [5.74, 6) is 0. The molecule has 0 atom stereocenters. The quantitative estimate of drug-likeness (QED) is 0.252. The molecule has 0 amide bonds. The Morgan fingerprint density at radius 1 is 1.38 bits per heavy atom. The van der Waals surface area contributed by atoms with E-state index in [2.05, 4.69) is 12.2 Å². The van der Waals surface area contributed by atoms with Crippen LogP contribution in [-0.4, -0.2) is 31.2 Å². The molecule has 0 saturated carbocycles.